The number of allylic oxidation sites excluding steroid dienone is 4. The van der Waals surface area contributed by atoms with Crippen molar-refractivity contribution in [1.82, 2.24) is 5.32 Å². The summed E-state index contributed by atoms with van der Waals surface area (Å²) in [6.07, 6.45) is 6.63. The zero-order valence-electron chi connectivity index (χ0n) is 14.7. The largest absolute Gasteiger partial charge is 0.366 e. The first-order chi connectivity index (χ1) is 12.4. The predicted molar refractivity (Wildman–Crippen MR) is 105 cm³/mol. The molecule has 5 N–H and O–H groups in total. The monoisotopic (exact) mass is 352 g/mol. The molecular formula is C19H22BFN4O. The van der Waals surface area contributed by atoms with Gasteiger partial charge in [0.05, 0.1) is 16.9 Å². The van der Waals surface area contributed by atoms with Crippen LogP contribution in [0.3, 0.4) is 0 Å². The van der Waals surface area contributed by atoms with E-state index in [4.69, 9.17) is 11.1 Å². The Morgan fingerprint density at radius 1 is 1.35 bits per heavy atom. The normalized spacial score (nSPS) is 24.8. The Hall–Kier alpha value is -2.67. The van der Waals surface area contributed by atoms with Crippen LogP contribution in [0.25, 0.3) is 0 Å². The van der Waals surface area contributed by atoms with Crippen LogP contribution in [-0.2, 0) is 10.1 Å². The van der Waals surface area contributed by atoms with Gasteiger partial charge in [0, 0.05) is 5.69 Å². The topological polar surface area (TPSA) is 91.0 Å². The van der Waals surface area contributed by atoms with Gasteiger partial charge in [-0.2, -0.15) is 4.39 Å². The fourth-order valence-electron chi connectivity index (χ4n) is 3.39. The van der Waals surface area contributed by atoms with E-state index in [1.807, 2.05) is 24.3 Å². The third-order valence-electron chi connectivity index (χ3n) is 5.00. The van der Waals surface area contributed by atoms with Crippen molar-refractivity contribution in [1.29, 1.82) is 5.41 Å². The zero-order chi connectivity index (χ0) is 18.7. The van der Waals surface area contributed by atoms with E-state index in [-0.39, 0.29) is 22.2 Å². The second-order valence-corrected chi connectivity index (χ2v) is 6.95. The van der Waals surface area contributed by atoms with E-state index in [1.165, 1.54) is 23.8 Å². The molecule has 1 heterocycles. The molecule has 0 spiro atoms. The van der Waals surface area contributed by atoms with Gasteiger partial charge in [0.1, 0.15) is 7.85 Å². The molecule has 134 valence electrons. The summed E-state index contributed by atoms with van der Waals surface area (Å²) in [5.41, 5.74) is 6.80. The van der Waals surface area contributed by atoms with Crippen molar-refractivity contribution in [3.05, 3.63) is 65.2 Å². The Kier molecular flexibility index (Phi) is 5.09. The summed E-state index contributed by atoms with van der Waals surface area (Å²) in [6, 6.07) is 7.67. The average molecular weight is 352 g/mol. The van der Waals surface area contributed by atoms with Crippen LogP contribution in [0.2, 0.25) is 0 Å². The first kappa shape index (κ1) is 18.1. The molecule has 0 radical (unpaired) electrons. The Balaban J connectivity index is 1.77. The first-order valence-corrected chi connectivity index (χ1v) is 8.66. The molecule has 1 aromatic carbocycles. The number of anilines is 1. The molecule has 2 aliphatic rings. The fourth-order valence-corrected chi connectivity index (χ4v) is 3.39. The number of nitrogens with two attached hydrogens (primary N) is 1. The molecule has 1 unspecified atom stereocenters. The van der Waals surface area contributed by atoms with E-state index < -0.39 is 11.9 Å². The molecular weight excluding hydrogens is 330 g/mol. The van der Waals surface area contributed by atoms with Gasteiger partial charge in [0.25, 0.3) is 5.91 Å². The van der Waals surface area contributed by atoms with Gasteiger partial charge in [-0.05, 0) is 61.1 Å². The maximum Gasteiger partial charge on any atom is 0.250 e. The van der Waals surface area contributed by atoms with Crippen LogP contribution in [0.1, 0.15) is 18.4 Å². The van der Waals surface area contributed by atoms with Gasteiger partial charge in [0.15, 0.2) is 0 Å². The first-order valence-electron chi connectivity index (χ1n) is 8.66. The third kappa shape index (κ3) is 3.62. The number of carbonyl (C=O) groups is 1. The maximum atomic E-state index is 14.6. The molecule has 5 nitrogen and oxygen atoms in total. The Morgan fingerprint density at radius 3 is 2.69 bits per heavy atom. The smallest absolute Gasteiger partial charge is 0.250 e. The third-order valence-corrected chi connectivity index (χ3v) is 5.00. The lowest BCUT2D eigenvalue weighted by atomic mass is 9.60. The number of halogens is 1. The van der Waals surface area contributed by atoms with Crippen LogP contribution in [0.4, 0.5) is 10.1 Å². The number of carbonyl (C=O) groups excluding carboxylic acids is 1. The zero-order valence-corrected chi connectivity index (χ0v) is 14.7. The van der Waals surface area contributed by atoms with Gasteiger partial charge in [-0.15, -0.1) is 0 Å². The molecule has 3 rings (SSSR count). The summed E-state index contributed by atoms with van der Waals surface area (Å²) < 4.78 is 14.6. The van der Waals surface area contributed by atoms with Gasteiger partial charge < -0.3 is 16.4 Å². The second kappa shape index (κ2) is 7.29. The van der Waals surface area contributed by atoms with Crippen molar-refractivity contribution in [3.63, 3.8) is 0 Å². The minimum atomic E-state index is -0.747. The van der Waals surface area contributed by atoms with E-state index in [2.05, 4.69) is 18.5 Å². The van der Waals surface area contributed by atoms with Gasteiger partial charge in [-0.3, -0.25) is 10.2 Å². The highest BCUT2D eigenvalue weighted by atomic mass is 19.1. The van der Waals surface area contributed by atoms with Gasteiger partial charge in [-0.1, -0.05) is 18.2 Å². The van der Waals surface area contributed by atoms with Crippen molar-refractivity contribution < 1.29 is 9.18 Å². The van der Waals surface area contributed by atoms with Crippen molar-refractivity contribution in [2.24, 2.45) is 5.73 Å². The quantitative estimate of drug-likeness (QED) is 0.489. The predicted octanol–water partition coefficient (Wildman–Crippen LogP) is 1.49. The van der Waals surface area contributed by atoms with Gasteiger partial charge in [-0.25, -0.2) is 0 Å². The van der Waals surface area contributed by atoms with Crippen LogP contribution in [0, 0.1) is 5.41 Å². The van der Waals surface area contributed by atoms with Crippen LogP contribution in [0.15, 0.2) is 59.6 Å². The summed E-state index contributed by atoms with van der Waals surface area (Å²) in [7, 11) is 2.23. The van der Waals surface area contributed by atoms with Crippen molar-refractivity contribution in [2.75, 3.05) is 18.4 Å². The van der Waals surface area contributed by atoms with Crippen molar-refractivity contribution in [3.8, 4) is 0 Å². The van der Waals surface area contributed by atoms with Crippen molar-refractivity contribution >= 4 is 25.2 Å². The van der Waals surface area contributed by atoms with E-state index >= 15 is 0 Å². The van der Waals surface area contributed by atoms with Crippen LogP contribution < -0.4 is 16.4 Å². The molecule has 26 heavy (non-hydrogen) atoms. The van der Waals surface area contributed by atoms with E-state index in [0.717, 1.165) is 25.9 Å². The van der Waals surface area contributed by atoms with E-state index in [1.54, 1.807) is 0 Å². The average Bonchev–Trinajstić information content (AvgIpc) is 2.62. The Morgan fingerprint density at radius 2 is 2.08 bits per heavy atom. The lowest BCUT2D eigenvalue weighted by Crippen LogP contribution is -2.43. The number of nitrogens with one attached hydrogen (secondary N) is 3. The van der Waals surface area contributed by atoms with Crippen molar-refractivity contribution in [2.45, 2.75) is 18.2 Å². The molecule has 1 fully saturated rings. The second-order valence-electron chi connectivity index (χ2n) is 6.95. The fraction of sp³-hybridized carbons (Fsp3) is 0.263. The lowest BCUT2D eigenvalue weighted by molar-refractivity contribution is -0.114. The molecule has 1 atom stereocenters. The van der Waals surface area contributed by atoms with Gasteiger partial charge in [0.2, 0.25) is 5.95 Å². The number of benzene rings is 1. The van der Waals surface area contributed by atoms with E-state index in [9.17, 15) is 9.18 Å². The van der Waals surface area contributed by atoms with Crippen LogP contribution >= 0.6 is 0 Å². The van der Waals surface area contributed by atoms with Gasteiger partial charge >= 0.3 is 0 Å². The molecule has 1 amide bonds. The number of hydrogen-bond acceptors (Lipinski definition) is 4. The minimum absolute atomic E-state index is 0.00692. The number of rotatable bonds is 4. The van der Waals surface area contributed by atoms with Crippen LogP contribution in [0.5, 0.6) is 0 Å². The molecule has 0 saturated carbocycles. The highest BCUT2D eigenvalue weighted by Crippen LogP contribution is 2.29. The Labute approximate surface area is 153 Å². The summed E-state index contributed by atoms with van der Waals surface area (Å²) in [6.45, 7) is 1.98. The SMILES string of the molecule is BC1(c2ccc(N/C(F)=C3/C=CC=C(C(N)=O)C3=N)cc2)CCCNC1. The van der Waals surface area contributed by atoms with Crippen LogP contribution in [-0.4, -0.2) is 32.6 Å². The molecule has 1 aromatic rings. The maximum absolute atomic E-state index is 14.6. The van der Waals surface area contributed by atoms with E-state index in [0.29, 0.717) is 5.69 Å². The number of hydrogen-bond donors (Lipinski definition) is 4. The minimum Gasteiger partial charge on any atom is -0.366 e. The standard InChI is InChI=1S/C19H22BFN4O/c20-19(9-2-10-24-11-19)12-5-7-13(8-6-12)25-17(21)14-3-1-4-15(16(14)22)18(23)26/h1,3-8,22,24-25H,2,9-11,20H2,(H2,23,26)/b17-14-,22-16?. The lowest BCUT2D eigenvalue weighted by Gasteiger charge is -2.35. The summed E-state index contributed by atoms with van der Waals surface area (Å²) in [5, 5.41) is 14.1. The molecule has 0 aromatic heterocycles. The molecule has 1 aliphatic carbocycles. The Bertz CT molecular complexity index is 820. The molecule has 7 heteroatoms. The highest BCUT2D eigenvalue weighted by molar-refractivity contribution is 6.28. The highest BCUT2D eigenvalue weighted by Gasteiger charge is 2.28. The molecule has 1 saturated heterocycles. The summed E-state index contributed by atoms with van der Waals surface area (Å²) in [5.74, 6) is -1.43. The number of piperidine rings is 1. The molecule has 1 aliphatic heterocycles. The summed E-state index contributed by atoms with van der Waals surface area (Å²) >= 11 is 0. The number of amides is 1. The summed E-state index contributed by atoms with van der Waals surface area (Å²) in [4.78, 5) is 11.3. The number of primary amides is 1. The molecule has 0 bridgehead atoms.